The number of aromatic nitrogens is 1. The SMILES string of the molecule is Cc1ncc(CO)c(C=NNC(=O)c2ccc(COc3ccc4ccccc4c3)cc2)c1O. The fourth-order valence-electron chi connectivity index (χ4n) is 3.32. The second-order valence-electron chi connectivity index (χ2n) is 7.48. The summed E-state index contributed by atoms with van der Waals surface area (Å²) in [6.45, 7) is 1.71. The van der Waals surface area contributed by atoms with Crippen molar-refractivity contribution < 1.29 is 19.7 Å². The summed E-state index contributed by atoms with van der Waals surface area (Å²) in [6, 6.07) is 21.1. The second kappa shape index (κ2) is 9.93. The lowest BCUT2D eigenvalue weighted by molar-refractivity contribution is 0.0955. The Labute approximate surface area is 191 Å². The first kappa shape index (κ1) is 22.0. The van der Waals surface area contributed by atoms with E-state index in [-0.39, 0.29) is 12.4 Å². The number of hydrazone groups is 1. The first-order chi connectivity index (χ1) is 16.0. The molecule has 1 heterocycles. The maximum Gasteiger partial charge on any atom is 0.271 e. The minimum Gasteiger partial charge on any atom is -0.505 e. The number of benzene rings is 3. The molecule has 0 saturated heterocycles. The highest BCUT2D eigenvalue weighted by molar-refractivity contribution is 5.95. The molecule has 0 aliphatic heterocycles. The lowest BCUT2D eigenvalue weighted by atomic mass is 10.1. The molecule has 7 heteroatoms. The second-order valence-corrected chi connectivity index (χ2v) is 7.48. The van der Waals surface area contributed by atoms with Crippen LogP contribution in [0.25, 0.3) is 10.8 Å². The van der Waals surface area contributed by atoms with Gasteiger partial charge in [0.15, 0.2) is 0 Å². The third-order valence-electron chi connectivity index (χ3n) is 5.23. The summed E-state index contributed by atoms with van der Waals surface area (Å²) in [6.07, 6.45) is 2.75. The highest BCUT2D eigenvalue weighted by atomic mass is 16.5. The molecule has 0 unspecified atom stereocenters. The van der Waals surface area contributed by atoms with E-state index in [0.29, 0.717) is 29.0 Å². The van der Waals surface area contributed by atoms with Gasteiger partial charge in [0.1, 0.15) is 18.1 Å². The number of pyridine rings is 1. The van der Waals surface area contributed by atoms with Crippen LogP contribution in [0.5, 0.6) is 11.5 Å². The fraction of sp³-hybridized carbons (Fsp3) is 0.115. The molecule has 0 bridgehead atoms. The maximum atomic E-state index is 12.4. The first-order valence-corrected chi connectivity index (χ1v) is 10.4. The number of hydrogen-bond acceptors (Lipinski definition) is 6. The average Bonchev–Trinajstić information content (AvgIpc) is 2.85. The van der Waals surface area contributed by atoms with E-state index in [1.165, 1.54) is 12.4 Å². The van der Waals surface area contributed by atoms with Gasteiger partial charge < -0.3 is 14.9 Å². The number of fused-ring (bicyclic) bond motifs is 1. The molecule has 1 amide bonds. The molecular formula is C26H23N3O4. The van der Waals surface area contributed by atoms with Crippen LogP contribution in [0, 0.1) is 6.92 Å². The molecule has 0 spiro atoms. The summed E-state index contributed by atoms with van der Waals surface area (Å²) in [5, 5.41) is 25.7. The van der Waals surface area contributed by atoms with Crippen LogP contribution in [0.3, 0.4) is 0 Å². The normalized spacial score (nSPS) is 11.1. The van der Waals surface area contributed by atoms with Crippen LogP contribution in [0.1, 0.15) is 32.7 Å². The zero-order chi connectivity index (χ0) is 23.2. The number of nitrogens with one attached hydrogen (secondary N) is 1. The van der Waals surface area contributed by atoms with Gasteiger partial charge in [0, 0.05) is 22.9 Å². The molecule has 7 nitrogen and oxygen atoms in total. The Balaban J connectivity index is 1.36. The zero-order valence-electron chi connectivity index (χ0n) is 18.0. The number of aliphatic hydroxyl groups is 1. The Morgan fingerprint density at radius 2 is 1.85 bits per heavy atom. The van der Waals surface area contributed by atoms with Crippen molar-refractivity contribution in [2.75, 3.05) is 0 Å². The van der Waals surface area contributed by atoms with Gasteiger partial charge in [-0.15, -0.1) is 0 Å². The Morgan fingerprint density at radius 3 is 2.61 bits per heavy atom. The van der Waals surface area contributed by atoms with Gasteiger partial charge in [0.2, 0.25) is 0 Å². The van der Waals surface area contributed by atoms with Crippen molar-refractivity contribution in [3.05, 3.63) is 101 Å². The minimum absolute atomic E-state index is 0.0877. The molecule has 0 fully saturated rings. The highest BCUT2D eigenvalue weighted by Crippen LogP contribution is 2.22. The zero-order valence-corrected chi connectivity index (χ0v) is 18.0. The van der Waals surface area contributed by atoms with Crippen LogP contribution in [0.15, 0.2) is 78.0 Å². The van der Waals surface area contributed by atoms with Crippen molar-refractivity contribution in [2.24, 2.45) is 5.10 Å². The van der Waals surface area contributed by atoms with Crippen molar-refractivity contribution in [2.45, 2.75) is 20.1 Å². The molecule has 0 aliphatic carbocycles. The van der Waals surface area contributed by atoms with E-state index >= 15 is 0 Å². The van der Waals surface area contributed by atoms with E-state index < -0.39 is 5.91 Å². The van der Waals surface area contributed by atoms with Crippen molar-refractivity contribution in [1.82, 2.24) is 10.4 Å². The minimum atomic E-state index is -0.399. The molecule has 0 atom stereocenters. The number of aliphatic hydroxyl groups excluding tert-OH is 1. The Hall–Kier alpha value is -4.23. The topological polar surface area (TPSA) is 104 Å². The lowest BCUT2D eigenvalue weighted by Gasteiger charge is -2.08. The number of aryl methyl sites for hydroxylation is 1. The van der Waals surface area contributed by atoms with Gasteiger partial charge in [-0.25, -0.2) is 5.43 Å². The highest BCUT2D eigenvalue weighted by Gasteiger charge is 2.10. The van der Waals surface area contributed by atoms with Gasteiger partial charge in [-0.1, -0.05) is 42.5 Å². The van der Waals surface area contributed by atoms with Gasteiger partial charge in [0.25, 0.3) is 5.91 Å². The maximum absolute atomic E-state index is 12.4. The van der Waals surface area contributed by atoms with Crippen LogP contribution in [0.2, 0.25) is 0 Å². The van der Waals surface area contributed by atoms with E-state index in [1.807, 2.05) is 48.5 Å². The van der Waals surface area contributed by atoms with Crippen LogP contribution < -0.4 is 10.2 Å². The van der Waals surface area contributed by atoms with Crippen molar-refractivity contribution in [3.8, 4) is 11.5 Å². The average molecular weight is 441 g/mol. The summed E-state index contributed by atoms with van der Waals surface area (Å²) >= 11 is 0. The third kappa shape index (κ3) is 5.16. The monoisotopic (exact) mass is 441 g/mol. The van der Waals surface area contributed by atoms with E-state index in [1.54, 1.807) is 19.1 Å². The number of carbonyl (C=O) groups is 1. The van der Waals surface area contributed by atoms with Gasteiger partial charge in [-0.05, 0) is 47.5 Å². The van der Waals surface area contributed by atoms with Crippen LogP contribution in [0.4, 0.5) is 0 Å². The molecule has 3 aromatic carbocycles. The summed E-state index contributed by atoms with van der Waals surface area (Å²) < 4.78 is 5.88. The van der Waals surface area contributed by atoms with E-state index in [4.69, 9.17) is 4.74 Å². The number of hydrogen-bond donors (Lipinski definition) is 3. The Kier molecular flexibility index (Phi) is 6.61. The predicted octanol–water partition coefficient (Wildman–Crippen LogP) is 4.08. The summed E-state index contributed by atoms with van der Waals surface area (Å²) in [5.74, 6) is 0.293. The Bertz CT molecular complexity index is 1320. The molecular weight excluding hydrogens is 418 g/mol. The molecule has 0 aliphatic rings. The quantitative estimate of drug-likeness (QED) is 0.296. The first-order valence-electron chi connectivity index (χ1n) is 10.4. The molecule has 0 radical (unpaired) electrons. The van der Waals surface area contributed by atoms with E-state index in [0.717, 1.165) is 22.1 Å². The molecule has 1 aromatic heterocycles. The largest absolute Gasteiger partial charge is 0.505 e. The van der Waals surface area contributed by atoms with Crippen molar-refractivity contribution in [1.29, 1.82) is 0 Å². The number of rotatable bonds is 7. The third-order valence-corrected chi connectivity index (χ3v) is 5.23. The predicted molar refractivity (Wildman–Crippen MR) is 126 cm³/mol. The Morgan fingerprint density at radius 1 is 1.09 bits per heavy atom. The molecule has 166 valence electrons. The summed E-state index contributed by atoms with van der Waals surface area (Å²) in [4.78, 5) is 16.4. The summed E-state index contributed by atoms with van der Waals surface area (Å²) in [5.41, 5.74) is 4.90. The fourth-order valence-corrected chi connectivity index (χ4v) is 3.32. The van der Waals surface area contributed by atoms with E-state index in [9.17, 15) is 15.0 Å². The van der Waals surface area contributed by atoms with Crippen LogP contribution in [-0.2, 0) is 13.2 Å². The number of amides is 1. The lowest BCUT2D eigenvalue weighted by Crippen LogP contribution is -2.17. The summed E-state index contributed by atoms with van der Waals surface area (Å²) in [7, 11) is 0. The van der Waals surface area contributed by atoms with Crippen molar-refractivity contribution >= 4 is 22.9 Å². The van der Waals surface area contributed by atoms with Crippen LogP contribution >= 0.6 is 0 Å². The number of aromatic hydroxyl groups is 1. The van der Waals surface area contributed by atoms with E-state index in [2.05, 4.69) is 21.6 Å². The number of ether oxygens (including phenoxy) is 1. The van der Waals surface area contributed by atoms with Gasteiger partial charge >= 0.3 is 0 Å². The van der Waals surface area contributed by atoms with Gasteiger partial charge in [-0.2, -0.15) is 5.10 Å². The van der Waals surface area contributed by atoms with Crippen molar-refractivity contribution in [3.63, 3.8) is 0 Å². The molecule has 4 aromatic rings. The van der Waals surface area contributed by atoms with Crippen LogP contribution in [-0.4, -0.2) is 27.3 Å². The number of nitrogens with zero attached hydrogens (tertiary/aromatic N) is 2. The van der Waals surface area contributed by atoms with Gasteiger partial charge in [0.05, 0.1) is 18.5 Å². The number of carbonyl (C=O) groups excluding carboxylic acids is 1. The standard InChI is InChI=1S/C26H23N3O4/c1-17-25(31)24(22(15-30)13-27-17)14-28-29-26(32)20-8-6-18(7-9-20)16-33-23-11-10-19-4-2-3-5-21(19)12-23/h2-14,30-31H,15-16H2,1H3,(H,29,32). The molecule has 3 N–H and O–H groups in total. The molecule has 4 rings (SSSR count). The smallest absolute Gasteiger partial charge is 0.271 e. The molecule has 33 heavy (non-hydrogen) atoms. The van der Waals surface area contributed by atoms with Gasteiger partial charge in [-0.3, -0.25) is 9.78 Å². The molecule has 0 saturated carbocycles.